The summed E-state index contributed by atoms with van der Waals surface area (Å²) in [6.45, 7) is 4.88. The van der Waals surface area contributed by atoms with Crippen LogP contribution in [0.3, 0.4) is 0 Å². The lowest BCUT2D eigenvalue weighted by atomic mass is 10.2. The molecule has 0 aliphatic carbocycles. The number of nitrogens with zero attached hydrogens (tertiary/aromatic N) is 1. The van der Waals surface area contributed by atoms with Crippen LogP contribution in [0.25, 0.3) is 0 Å². The van der Waals surface area contributed by atoms with E-state index in [9.17, 15) is 8.42 Å². The second kappa shape index (κ2) is 5.58. The fraction of sp³-hybridized carbons (Fsp3) is 0.538. The molecule has 1 aliphatic rings. The molecule has 1 aromatic carbocycles. The molecule has 0 amide bonds. The zero-order valence-electron chi connectivity index (χ0n) is 11.2. The number of nitrogens with two attached hydrogens (primary N) is 1. The van der Waals surface area contributed by atoms with E-state index < -0.39 is 10.0 Å². The minimum atomic E-state index is -3.48. The predicted octanol–water partition coefficient (Wildman–Crippen LogP) is 0.943. The van der Waals surface area contributed by atoms with Crippen molar-refractivity contribution in [2.24, 2.45) is 5.73 Å². The minimum absolute atomic E-state index is 0.0799. The molecule has 0 radical (unpaired) electrons. The molecule has 106 valence electrons. The van der Waals surface area contributed by atoms with Crippen molar-refractivity contribution in [2.75, 3.05) is 13.2 Å². The third kappa shape index (κ3) is 2.97. The van der Waals surface area contributed by atoms with Crippen LogP contribution in [0.2, 0.25) is 0 Å². The van der Waals surface area contributed by atoms with E-state index >= 15 is 0 Å². The molecule has 0 aromatic heterocycles. The molecule has 0 spiro atoms. The van der Waals surface area contributed by atoms with E-state index in [0.29, 0.717) is 24.6 Å². The van der Waals surface area contributed by atoms with Gasteiger partial charge in [-0.05, 0) is 31.5 Å². The molecule has 2 rings (SSSR count). The molecule has 1 heterocycles. The van der Waals surface area contributed by atoms with Crippen molar-refractivity contribution < 1.29 is 13.2 Å². The molecule has 2 atom stereocenters. The second-order valence-corrected chi connectivity index (χ2v) is 6.81. The van der Waals surface area contributed by atoms with E-state index in [-0.39, 0.29) is 12.1 Å². The van der Waals surface area contributed by atoms with Gasteiger partial charge in [0, 0.05) is 19.1 Å². The fourth-order valence-corrected chi connectivity index (χ4v) is 3.94. The van der Waals surface area contributed by atoms with Crippen LogP contribution in [0.15, 0.2) is 29.2 Å². The Bertz CT molecular complexity index is 545. The standard InChI is InChI=1S/C13H20N2O3S/c1-10-9-18-11(2)8-15(10)19(16,17)13-5-3-4-12(6-13)7-14/h3-6,10-11H,7-9,14H2,1-2H3. The molecule has 1 saturated heterocycles. The van der Waals surface area contributed by atoms with Crippen LogP contribution < -0.4 is 5.73 Å². The maximum Gasteiger partial charge on any atom is 0.243 e. The molecular weight excluding hydrogens is 264 g/mol. The van der Waals surface area contributed by atoms with Crippen molar-refractivity contribution in [3.63, 3.8) is 0 Å². The van der Waals surface area contributed by atoms with Crippen molar-refractivity contribution in [3.8, 4) is 0 Å². The SMILES string of the molecule is CC1CN(S(=O)(=O)c2cccc(CN)c2)C(C)CO1. The Kier molecular flexibility index (Phi) is 4.25. The number of sulfonamides is 1. The molecule has 0 bridgehead atoms. The molecule has 6 heteroatoms. The van der Waals surface area contributed by atoms with Gasteiger partial charge < -0.3 is 10.5 Å². The third-order valence-electron chi connectivity index (χ3n) is 3.29. The molecule has 0 saturated carbocycles. The van der Waals surface area contributed by atoms with Crippen molar-refractivity contribution in [1.29, 1.82) is 0 Å². The van der Waals surface area contributed by atoms with Crippen LogP contribution in [-0.2, 0) is 21.3 Å². The van der Waals surface area contributed by atoms with E-state index in [4.69, 9.17) is 10.5 Å². The molecular formula is C13H20N2O3S. The summed E-state index contributed by atoms with van der Waals surface area (Å²) in [6.07, 6.45) is -0.0799. The summed E-state index contributed by atoms with van der Waals surface area (Å²) in [7, 11) is -3.48. The van der Waals surface area contributed by atoms with E-state index in [2.05, 4.69) is 0 Å². The van der Waals surface area contributed by atoms with E-state index in [1.807, 2.05) is 19.9 Å². The first-order valence-corrected chi connectivity index (χ1v) is 7.81. The van der Waals surface area contributed by atoms with E-state index in [0.717, 1.165) is 5.56 Å². The van der Waals surface area contributed by atoms with Crippen LogP contribution in [0, 0.1) is 0 Å². The zero-order valence-corrected chi connectivity index (χ0v) is 12.1. The summed E-state index contributed by atoms with van der Waals surface area (Å²) in [4.78, 5) is 0.302. The first-order chi connectivity index (χ1) is 8.95. The number of benzene rings is 1. The Morgan fingerprint density at radius 3 is 2.84 bits per heavy atom. The largest absolute Gasteiger partial charge is 0.375 e. The summed E-state index contributed by atoms with van der Waals surface area (Å²) in [5.74, 6) is 0. The van der Waals surface area contributed by atoms with Gasteiger partial charge in [-0.25, -0.2) is 8.42 Å². The van der Waals surface area contributed by atoms with Gasteiger partial charge in [-0.2, -0.15) is 4.31 Å². The third-order valence-corrected chi connectivity index (χ3v) is 5.27. The highest BCUT2D eigenvalue weighted by Gasteiger charge is 2.34. The van der Waals surface area contributed by atoms with Crippen LogP contribution in [0.1, 0.15) is 19.4 Å². The predicted molar refractivity (Wildman–Crippen MR) is 73.1 cm³/mol. The molecule has 1 fully saturated rings. The number of ether oxygens (including phenoxy) is 1. The molecule has 19 heavy (non-hydrogen) atoms. The van der Waals surface area contributed by atoms with E-state index in [1.54, 1.807) is 18.2 Å². The monoisotopic (exact) mass is 284 g/mol. The summed E-state index contributed by atoms with van der Waals surface area (Å²) in [5, 5.41) is 0. The fourth-order valence-electron chi connectivity index (χ4n) is 2.18. The van der Waals surface area contributed by atoms with Crippen molar-refractivity contribution in [3.05, 3.63) is 29.8 Å². The number of hydrogen-bond donors (Lipinski definition) is 1. The lowest BCUT2D eigenvalue weighted by molar-refractivity contribution is -0.0170. The van der Waals surface area contributed by atoms with Crippen molar-refractivity contribution in [2.45, 2.75) is 37.4 Å². The highest BCUT2D eigenvalue weighted by atomic mass is 32.2. The maximum atomic E-state index is 12.6. The zero-order chi connectivity index (χ0) is 14.0. The highest BCUT2D eigenvalue weighted by molar-refractivity contribution is 7.89. The van der Waals surface area contributed by atoms with Gasteiger partial charge in [-0.15, -0.1) is 0 Å². The summed E-state index contributed by atoms with van der Waals surface area (Å²) >= 11 is 0. The lowest BCUT2D eigenvalue weighted by Crippen LogP contribution is -2.50. The van der Waals surface area contributed by atoms with Gasteiger partial charge in [0.2, 0.25) is 10.0 Å². The molecule has 5 nitrogen and oxygen atoms in total. The number of morpholine rings is 1. The van der Waals surface area contributed by atoms with Gasteiger partial charge in [0.05, 0.1) is 17.6 Å². The number of hydrogen-bond acceptors (Lipinski definition) is 4. The Labute approximate surface area is 114 Å². The van der Waals surface area contributed by atoms with Crippen molar-refractivity contribution in [1.82, 2.24) is 4.31 Å². The van der Waals surface area contributed by atoms with Crippen LogP contribution >= 0.6 is 0 Å². The van der Waals surface area contributed by atoms with Gasteiger partial charge in [0.15, 0.2) is 0 Å². The minimum Gasteiger partial charge on any atom is -0.375 e. The van der Waals surface area contributed by atoms with Crippen LogP contribution in [-0.4, -0.2) is 38.0 Å². The average molecular weight is 284 g/mol. The normalized spacial score (nSPS) is 25.4. The lowest BCUT2D eigenvalue weighted by Gasteiger charge is -2.35. The molecule has 2 unspecified atom stereocenters. The van der Waals surface area contributed by atoms with Gasteiger partial charge >= 0.3 is 0 Å². The average Bonchev–Trinajstić information content (AvgIpc) is 2.41. The van der Waals surface area contributed by atoms with Gasteiger partial charge in [-0.3, -0.25) is 0 Å². The van der Waals surface area contributed by atoms with Gasteiger partial charge in [-0.1, -0.05) is 12.1 Å². The first-order valence-electron chi connectivity index (χ1n) is 6.37. The maximum absolute atomic E-state index is 12.6. The summed E-state index contributed by atoms with van der Waals surface area (Å²) < 4.78 is 32.3. The van der Waals surface area contributed by atoms with Crippen molar-refractivity contribution >= 4 is 10.0 Å². The quantitative estimate of drug-likeness (QED) is 0.896. The molecule has 1 aromatic rings. The highest BCUT2D eigenvalue weighted by Crippen LogP contribution is 2.23. The van der Waals surface area contributed by atoms with Crippen LogP contribution in [0.4, 0.5) is 0 Å². The first kappa shape index (κ1) is 14.5. The summed E-state index contributed by atoms with van der Waals surface area (Å²) in [5.41, 5.74) is 6.38. The number of rotatable bonds is 3. The Hall–Kier alpha value is -0.950. The smallest absolute Gasteiger partial charge is 0.243 e. The Balaban J connectivity index is 2.35. The Morgan fingerprint density at radius 1 is 1.42 bits per heavy atom. The topological polar surface area (TPSA) is 72.6 Å². The Morgan fingerprint density at radius 2 is 2.16 bits per heavy atom. The second-order valence-electron chi connectivity index (χ2n) is 4.92. The van der Waals surface area contributed by atoms with Crippen LogP contribution in [0.5, 0.6) is 0 Å². The van der Waals surface area contributed by atoms with Gasteiger partial charge in [0.25, 0.3) is 0 Å². The molecule has 1 aliphatic heterocycles. The van der Waals surface area contributed by atoms with Gasteiger partial charge in [0.1, 0.15) is 0 Å². The molecule has 2 N–H and O–H groups in total. The summed E-state index contributed by atoms with van der Waals surface area (Å²) in [6, 6.07) is 6.65. The van der Waals surface area contributed by atoms with E-state index in [1.165, 1.54) is 4.31 Å².